The first-order valence-electron chi connectivity index (χ1n) is 7.97. The molecule has 1 heterocycles. The third-order valence-corrected chi connectivity index (χ3v) is 4.43. The molecular weight excluding hydrogens is 248 g/mol. The maximum atomic E-state index is 9.44. The standard InChI is InChI=1S/C17H28N2O/c1-4-6-15-10-14(12-20)11-17(18-15)19(3)16-8-5-7-13(2)9-16/h10-11,13,16,20H,4-9,12H2,1-3H3. The molecular formula is C17H28N2O. The first kappa shape index (κ1) is 15.3. The molecule has 3 heteroatoms. The van der Waals surface area contributed by atoms with Crippen molar-refractivity contribution < 1.29 is 5.11 Å². The lowest BCUT2D eigenvalue weighted by Crippen LogP contribution is -2.36. The summed E-state index contributed by atoms with van der Waals surface area (Å²) in [6, 6.07) is 4.66. The molecule has 0 saturated heterocycles. The van der Waals surface area contributed by atoms with Crippen LogP contribution < -0.4 is 4.90 Å². The van der Waals surface area contributed by atoms with Crippen LogP contribution in [-0.4, -0.2) is 23.2 Å². The van der Waals surface area contributed by atoms with E-state index in [-0.39, 0.29) is 6.61 Å². The van der Waals surface area contributed by atoms with Crippen molar-refractivity contribution in [2.24, 2.45) is 5.92 Å². The Morgan fingerprint density at radius 2 is 2.15 bits per heavy atom. The van der Waals surface area contributed by atoms with Crippen LogP contribution in [0.1, 0.15) is 57.2 Å². The van der Waals surface area contributed by atoms with Gasteiger partial charge in [-0.15, -0.1) is 0 Å². The van der Waals surface area contributed by atoms with Crippen LogP contribution in [0.4, 0.5) is 5.82 Å². The van der Waals surface area contributed by atoms with Gasteiger partial charge in [0.2, 0.25) is 0 Å². The molecule has 2 unspecified atom stereocenters. The first-order chi connectivity index (χ1) is 9.63. The van der Waals surface area contributed by atoms with E-state index in [1.54, 1.807) is 0 Å². The number of hydrogen-bond donors (Lipinski definition) is 1. The van der Waals surface area contributed by atoms with Gasteiger partial charge in [-0.1, -0.05) is 33.1 Å². The van der Waals surface area contributed by atoms with E-state index in [1.807, 2.05) is 12.1 Å². The van der Waals surface area contributed by atoms with Gasteiger partial charge in [-0.2, -0.15) is 0 Å². The van der Waals surface area contributed by atoms with Crippen molar-refractivity contribution in [3.05, 3.63) is 23.4 Å². The molecule has 1 aromatic heterocycles. The van der Waals surface area contributed by atoms with Gasteiger partial charge in [0, 0.05) is 18.8 Å². The number of anilines is 1. The second-order valence-corrected chi connectivity index (χ2v) is 6.27. The fraction of sp³-hybridized carbons (Fsp3) is 0.706. The summed E-state index contributed by atoms with van der Waals surface area (Å²) in [5, 5.41) is 9.44. The molecule has 1 fully saturated rings. The average molecular weight is 276 g/mol. The molecule has 0 bridgehead atoms. The van der Waals surface area contributed by atoms with Gasteiger partial charge in [-0.05, 0) is 42.9 Å². The van der Waals surface area contributed by atoms with Crippen molar-refractivity contribution >= 4 is 5.82 Å². The number of aromatic nitrogens is 1. The molecule has 1 aliphatic carbocycles. The highest BCUT2D eigenvalue weighted by atomic mass is 16.3. The summed E-state index contributed by atoms with van der Waals surface area (Å²) in [7, 11) is 2.15. The van der Waals surface area contributed by atoms with Crippen LogP contribution in [0.2, 0.25) is 0 Å². The molecule has 0 aromatic carbocycles. The van der Waals surface area contributed by atoms with E-state index in [1.165, 1.54) is 25.7 Å². The normalized spacial score (nSPS) is 22.8. The van der Waals surface area contributed by atoms with Crippen LogP contribution in [0.25, 0.3) is 0 Å². The summed E-state index contributed by atoms with van der Waals surface area (Å²) in [5.74, 6) is 1.84. The van der Waals surface area contributed by atoms with Crippen LogP contribution in [0, 0.1) is 5.92 Å². The van der Waals surface area contributed by atoms with E-state index in [4.69, 9.17) is 4.98 Å². The third kappa shape index (κ3) is 3.72. The Hall–Kier alpha value is -1.09. The van der Waals surface area contributed by atoms with E-state index in [2.05, 4.69) is 25.8 Å². The fourth-order valence-electron chi connectivity index (χ4n) is 3.23. The van der Waals surface area contributed by atoms with Gasteiger partial charge in [0.1, 0.15) is 5.82 Å². The minimum absolute atomic E-state index is 0.0984. The molecule has 1 saturated carbocycles. The number of rotatable bonds is 5. The molecule has 0 amide bonds. The van der Waals surface area contributed by atoms with E-state index in [9.17, 15) is 5.11 Å². The zero-order chi connectivity index (χ0) is 14.5. The zero-order valence-electron chi connectivity index (χ0n) is 13.1. The second kappa shape index (κ2) is 7.07. The van der Waals surface area contributed by atoms with E-state index < -0.39 is 0 Å². The van der Waals surface area contributed by atoms with Crippen molar-refractivity contribution in [2.75, 3.05) is 11.9 Å². The molecule has 1 aliphatic rings. The Labute approximate surface area is 123 Å². The lowest BCUT2D eigenvalue weighted by molar-refractivity contribution is 0.281. The van der Waals surface area contributed by atoms with Gasteiger partial charge in [0.25, 0.3) is 0 Å². The summed E-state index contributed by atoms with van der Waals surface area (Å²) in [6.45, 7) is 4.61. The summed E-state index contributed by atoms with van der Waals surface area (Å²) < 4.78 is 0. The lowest BCUT2D eigenvalue weighted by Gasteiger charge is -2.35. The molecule has 2 rings (SSSR count). The number of aliphatic hydroxyl groups is 1. The first-order valence-corrected chi connectivity index (χ1v) is 7.97. The Morgan fingerprint density at radius 1 is 1.35 bits per heavy atom. The highest BCUT2D eigenvalue weighted by molar-refractivity contribution is 5.43. The summed E-state index contributed by atoms with van der Waals surface area (Å²) in [4.78, 5) is 7.11. The average Bonchev–Trinajstić information content (AvgIpc) is 2.46. The second-order valence-electron chi connectivity index (χ2n) is 6.27. The Kier molecular flexibility index (Phi) is 5.41. The number of pyridine rings is 1. The van der Waals surface area contributed by atoms with Gasteiger partial charge in [0.05, 0.1) is 6.61 Å². The van der Waals surface area contributed by atoms with Crippen molar-refractivity contribution in [2.45, 2.75) is 65.0 Å². The Bertz CT molecular complexity index is 433. The molecule has 20 heavy (non-hydrogen) atoms. The van der Waals surface area contributed by atoms with Gasteiger partial charge < -0.3 is 10.0 Å². The number of aryl methyl sites for hydroxylation is 1. The maximum Gasteiger partial charge on any atom is 0.129 e. The van der Waals surface area contributed by atoms with Crippen LogP contribution >= 0.6 is 0 Å². The van der Waals surface area contributed by atoms with Crippen LogP contribution in [0.5, 0.6) is 0 Å². The Morgan fingerprint density at radius 3 is 2.80 bits per heavy atom. The quantitative estimate of drug-likeness (QED) is 0.893. The van der Waals surface area contributed by atoms with E-state index in [0.717, 1.165) is 35.8 Å². The maximum absolute atomic E-state index is 9.44. The smallest absolute Gasteiger partial charge is 0.129 e. The minimum atomic E-state index is 0.0984. The lowest BCUT2D eigenvalue weighted by atomic mass is 9.86. The number of hydrogen-bond acceptors (Lipinski definition) is 3. The van der Waals surface area contributed by atoms with Crippen molar-refractivity contribution in [1.82, 2.24) is 4.98 Å². The molecule has 2 atom stereocenters. The van der Waals surface area contributed by atoms with Crippen LogP contribution in [0.15, 0.2) is 12.1 Å². The van der Waals surface area contributed by atoms with Gasteiger partial charge >= 0.3 is 0 Å². The van der Waals surface area contributed by atoms with Gasteiger partial charge in [0.15, 0.2) is 0 Å². The summed E-state index contributed by atoms with van der Waals surface area (Å²) in [5.41, 5.74) is 2.08. The monoisotopic (exact) mass is 276 g/mol. The molecule has 112 valence electrons. The van der Waals surface area contributed by atoms with Gasteiger partial charge in [-0.25, -0.2) is 4.98 Å². The highest BCUT2D eigenvalue weighted by Gasteiger charge is 2.23. The van der Waals surface area contributed by atoms with Crippen molar-refractivity contribution in [1.29, 1.82) is 0 Å². The fourth-order valence-corrected chi connectivity index (χ4v) is 3.23. The molecule has 0 spiro atoms. The molecule has 0 radical (unpaired) electrons. The predicted molar refractivity (Wildman–Crippen MR) is 84.0 cm³/mol. The molecule has 1 N–H and O–H groups in total. The number of nitrogens with zero attached hydrogens (tertiary/aromatic N) is 2. The Balaban J connectivity index is 2.19. The third-order valence-electron chi connectivity index (χ3n) is 4.43. The van der Waals surface area contributed by atoms with Crippen molar-refractivity contribution in [3.8, 4) is 0 Å². The molecule has 3 nitrogen and oxygen atoms in total. The highest BCUT2D eigenvalue weighted by Crippen LogP contribution is 2.29. The summed E-state index contributed by atoms with van der Waals surface area (Å²) in [6.07, 6.45) is 7.26. The SMILES string of the molecule is CCCc1cc(CO)cc(N(C)C2CCCC(C)C2)n1. The number of aliphatic hydroxyl groups excluding tert-OH is 1. The minimum Gasteiger partial charge on any atom is -0.392 e. The van der Waals surface area contributed by atoms with Crippen molar-refractivity contribution in [3.63, 3.8) is 0 Å². The van der Waals surface area contributed by atoms with Crippen LogP contribution in [0.3, 0.4) is 0 Å². The molecule has 1 aromatic rings. The van der Waals surface area contributed by atoms with E-state index >= 15 is 0 Å². The largest absolute Gasteiger partial charge is 0.392 e. The van der Waals surface area contributed by atoms with E-state index in [0.29, 0.717) is 6.04 Å². The van der Waals surface area contributed by atoms with Crippen LogP contribution in [-0.2, 0) is 13.0 Å². The molecule has 0 aliphatic heterocycles. The predicted octanol–water partition coefficient (Wildman–Crippen LogP) is 3.54. The topological polar surface area (TPSA) is 36.4 Å². The van der Waals surface area contributed by atoms with Gasteiger partial charge in [-0.3, -0.25) is 0 Å². The zero-order valence-corrected chi connectivity index (χ0v) is 13.1. The summed E-state index contributed by atoms with van der Waals surface area (Å²) >= 11 is 0.